The van der Waals surface area contributed by atoms with Crippen molar-refractivity contribution in [3.63, 3.8) is 0 Å². The molecule has 0 bridgehead atoms. The van der Waals surface area contributed by atoms with E-state index in [1.807, 2.05) is 29.8 Å². The fraction of sp³-hybridized carbons (Fsp3) is 0.357. The van der Waals surface area contributed by atoms with Crippen molar-refractivity contribution >= 4 is 16.9 Å². The Morgan fingerprint density at radius 2 is 2.12 bits per heavy atom. The second-order valence-electron chi connectivity index (χ2n) is 4.70. The minimum Gasteiger partial charge on any atom is -0.481 e. The lowest BCUT2D eigenvalue weighted by Crippen LogP contribution is -2.04. The van der Waals surface area contributed by atoms with E-state index < -0.39 is 5.97 Å². The van der Waals surface area contributed by atoms with Gasteiger partial charge in [0.15, 0.2) is 0 Å². The van der Waals surface area contributed by atoms with Gasteiger partial charge < -0.3 is 9.67 Å². The fourth-order valence-corrected chi connectivity index (χ4v) is 2.27. The number of carboxylic acids is 1. The first kappa shape index (κ1) is 11.7. The summed E-state index contributed by atoms with van der Waals surface area (Å²) in [5.74, 6) is -0.346. The molecule has 1 aromatic heterocycles. The lowest BCUT2D eigenvalue weighted by atomic mass is 9.99. The molecule has 2 aromatic rings. The summed E-state index contributed by atoms with van der Waals surface area (Å²) in [4.78, 5) is 10.8. The van der Waals surface area contributed by atoms with Gasteiger partial charge in [0.25, 0.3) is 0 Å². The summed E-state index contributed by atoms with van der Waals surface area (Å²) in [6, 6.07) is 8.17. The van der Waals surface area contributed by atoms with Crippen LogP contribution < -0.4 is 0 Å². The molecule has 1 N–H and O–H groups in total. The van der Waals surface area contributed by atoms with E-state index in [2.05, 4.69) is 19.9 Å². The van der Waals surface area contributed by atoms with Crippen LogP contribution in [0.25, 0.3) is 10.9 Å². The molecule has 90 valence electrons. The van der Waals surface area contributed by atoms with Crippen molar-refractivity contribution in [1.82, 2.24) is 4.57 Å². The molecule has 0 radical (unpaired) electrons. The van der Waals surface area contributed by atoms with Crippen LogP contribution in [-0.4, -0.2) is 15.6 Å². The highest BCUT2D eigenvalue weighted by Crippen LogP contribution is 2.27. The SMILES string of the molecule is CC(C)c1cccc2c1cc(CC(=O)O)n2C. The summed E-state index contributed by atoms with van der Waals surface area (Å²) < 4.78 is 1.97. The standard InChI is InChI=1S/C14H17NO2/c1-9(2)11-5-4-6-13-12(11)7-10(15(13)3)8-14(16)17/h4-7,9H,8H2,1-3H3,(H,16,17). The number of aromatic nitrogens is 1. The highest BCUT2D eigenvalue weighted by atomic mass is 16.4. The molecule has 0 saturated carbocycles. The van der Waals surface area contributed by atoms with Crippen molar-refractivity contribution in [3.05, 3.63) is 35.5 Å². The summed E-state index contributed by atoms with van der Waals surface area (Å²) in [5, 5.41) is 10.0. The first-order chi connectivity index (χ1) is 8.00. The maximum absolute atomic E-state index is 10.8. The number of carbonyl (C=O) groups is 1. The van der Waals surface area contributed by atoms with Gasteiger partial charge in [-0.2, -0.15) is 0 Å². The number of nitrogens with zero attached hydrogens (tertiary/aromatic N) is 1. The van der Waals surface area contributed by atoms with Crippen molar-refractivity contribution in [2.24, 2.45) is 7.05 Å². The van der Waals surface area contributed by atoms with Gasteiger partial charge in [0.1, 0.15) is 0 Å². The van der Waals surface area contributed by atoms with Gasteiger partial charge in [-0.05, 0) is 23.6 Å². The lowest BCUT2D eigenvalue weighted by molar-refractivity contribution is -0.136. The third-order valence-electron chi connectivity index (χ3n) is 3.17. The van der Waals surface area contributed by atoms with E-state index in [-0.39, 0.29) is 6.42 Å². The van der Waals surface area contributed by atoms with Crippen LogP contribution >= 0.6 is 0 Å². The minimum absolute atomic E-state index is 0.0721. The zero-order chi connectivity index (χ0) is 12.6. The summed E-state index contributed by atoms with van der Waals surface area (Å²) >= 11 is 0. The minimum atomic E-state index is -0.790. The summed E-state index contributed by atoms with van der Waals surface area (Å²) in [6.07, 6.45) is 0.0721. The van der Waals surface area contributed by atoms with Crippen LogP contribution in [0.1, 0.15) is 31.0 Å². The van der Waals surface area contributed by atoms with Gasteiger partial charge in [0.2, 0.25) is 0 Å². The zero-order valence-electron chi connectivity index (χ0n) is 10.4. The van der Waals surface area contributed by atoms with E-state index in [1.54, 1.807) is 0 Å². The molecule has 3 nitrogen and oxygen atoms in total. The average molecular weight is 231 g/mol. The van der Waals surface area contributed by atoms with Crippen LogP contribution in [0, 0.1) is 0 Å². The number of fused-ring (bicyclic) bond motifs is 1. The molecule has 0 fully saturated rings. The Kier molecular flexibility index (Phi) is 2.92. The third kappa shape index (κ3) is 2.05. The summed E-state index contributed by atoms with van der Waals surface area (Å²) in [7, 11) is 1.92. The first-order valence-corrected chi connectivity index (χ1v) is 5.79. The largest absolute Gasteiger partial charge is 0.481 e. The van der Waals surface area contributed by atoms with Crippen LogP contribution in [0.2, 0.25) is 0 Å². The van der Waals surface area contributed by atoms with E-state index >= 15 is 0 Å². The van der Waals surface area contributed by atoms with Crippen LogP contribution in [0.15, 0.2) is 24.3 Å². The monoisotopic (exact) mass is 231 g/mol. The Labute approximate surface area is 101 Å². The first-order valence-electron chi connectivity index (χ1n) is 5.79. The van der Waals surface area contributed by atoms with E-state index in [0.717, 1.165) is 11.2 Å². The highest BCUT2D eigenvalue weighted by Gasteiger charge is 2.12. The van der Waals surface area contributed by atoms with E-state index in [4.69, 9.17) is 5.11 Å². The molecule has 0 aliphatic carbocycles. The topological polar surface area (TPSA) is 42.2 Å². The maximum atomic E-state index is 10.8. The van der Waals surface area contributed by atoms with Gasteiger partial charge in [0, 0.05) is 23.6 Å². The van der Waals surface area contributed by atoms with Crippen LogP contribution in [0.4, 0.5) is 0 Å². The predicted octanol–water partition coefficient (Wildman–Crippen LogP) is 2.93. The Bertz CT molecular complexity index is 567. The summed E-state index contributed by atoms with van der Waals surface area (Å²) in [6.45, 7) is 4.30. The highest BCUT2D eigenvalue weighted by molar-refractivity contribution is 5.86. The van der Waals surface area contributed by atoms with Crippen molar-refractivity contribution < 1.29 is 9.90 Å². The Balaban J connectivity index is 2.64. The molecule has 0 unspecified atom stereocenters. The molecule has 17 heavy (non-hydrogen) atoms. The molecule has 0 amide bonds. The molecular weight excluding hydrogens is 214 g/mol. The third-order valence-corrected chi connectivity index (χ3v) is 3.17. The molecule has 3 heteroatoms. The maximum Gasteiger partial charge on any atom is 0.309 e. The van der Waals surface area contributed by atoms with Crippen molar-refractivity contribution in [2.45, 2.75) is 26.2 Å². The van der Waals surface area contributed by atoms with E-state index in [9.17, 15) is 4.79 Å². The van der Waals surface area contributed by atoms with Gasteiger partial charge in [0.05, 0.1) is 6.42 Å². The second kappa shape index (κ2) is 4.24. The number of aliphatic carboxylic acids is 1. The summed E-state index contributed by atoms with van der Waals surface area (Å²) in [5.41, 5.74) is 3.22. The number of hydrogen-bond donors (Lipinski definition) is 1. The van der Waals surface area contributed by atoms with Gasteiger partial charge in [-0.15, -0.1) is 0 Å². The van der Waals surface area contributed by atoms with Crippen LogP contribution in [0.3, 0.4) is 0 Å². The number of rotatable bonds is 3. The number of aryl methyl sites for hydroxylation is 1. The van der Waals surface area contributed by atoms with Crippen molar-refractivity contribution in [2.75, 3.05) is 0 Å². The van der Waals surface area contributed by atoms with Crippen LogP contribution in [-0.2, 0) is 18.3 Å². The molecule has 0 atom stereocenters. The molecule has 0 spiro atoms. The van der Waals surface area contributed by atoms with Gasteiger partial charge in [-0.1, -0.05) is 26.0 Å². The van der Waals surface area contributed by atoms with Gasteiger partial charge in [-0.25, -0.2) is 0 Å². The molecule has 0 saturated heterocycles. The molecule has 1 heterocycles. The average Bonchev–Trinajstić information content (AvgIpc) is 2.55. The number of benzene rings is 1. The molecular formula is C14H17NO2. The van der Waals surface area contributed by atoms with E-state index in [1.165, 1.54) is 10.9 Å². The molecule has 0 aliphatic heterocycles. The Hall–Kier alpha value is -1.77. The fourth-order valence-electron chi connectivity index (χ4n) is 2.27. The Morgan fingerprint density at radius 1 is 1.41 bits per heavy atom. The quantitative estimate of drug-likeness (QED) is 0.882. The van der Waals surface area contributed by atoms with Gasteiger partial charge in [-0.3, -0.25) is 4.79 Å². The number of hydrogen-bond acceptors (Lipinski definition) is 1. The smallest absolute Gasteiger partial charge is 0.309 e. The second-order valence-corrected chi connectivity index (χ2v) is 4.70. The van der Waals surface area contributed by atoms with Crippen molar-refractivity contribution in [1.29, 1.82) is 0 Å². The van der Waals surface area contributed by atoms with Crippen molar-refractivity contribution in [3.8, 4) is 0 Å². The lowest BCUT2D eigenvalue weighted by Gasteiger charge is -2.07. The van der Waals surface area contributed by atoms with E-state index in [0.29, 0.717) is 5.92 Å². The zero-order valence-corrected chi connectivity index (χ0v) is 10.4. The molecule has 0 aliphatic rings. The Morgan fingerprint density at radius 3 is 2.71 bits per heavy atom. The van der Waals surface area contributed by atoms with Gasteiger partial charge >= 0.3 is 5.97 Å². The molecule has 1 aromatic carbocycles. The molecule has 2 rings (SSSR count). The normalized spacial score (nSPS) is 11.3. The number of carboxylic acid groups (broad SMARTS) is 1. The van der Waals surface area contributed by atoms with Crippen LogP contribution in [0.5, 0.6) is 0 Å². The predicted molar refractivity (Wildman–Crippen MR) is 68.3 cm³/mol.